The van der Waals surface area contributed by atoms with Gasteiger partial charge in [-0.25, -0.2) is 8.42 Å². The van der Waals surface area contributed by atoms with Crippen LogP contribution in [0.4, 0.5) is 13.2 Å². The molecule has 1 aromatic carbocycles. The van der Waals surface area contributed by atoms with Gasteiger partial charge in [0.1, 0.15) is 10.6 Å². The highest BCUT2D eigenvalue weighted by atomic mass is 32.2. The topological polar surface area (TPSA) is 46.6 Å². The summed E-state index contributed by atoms with van der Waals surface area (Å²) < 4.78 is 68.8. The van der Waals surface area contributed by atoms with Crippen molar-refractivity contribution < 1.29 is 26.3 Å². The highest BCUT2D eigenvalue weighted by Crippen LogP contribution is 2.38. The molecule has 0 amide bonds. The highest BCUT2D eigenvalue weighted by molar-refractivity contribution is 7.99. The van der Waals surface area contributed by atoms with Gasteiger partial charge < -0.3 is 4.74 Å². The molecule has 26 heavy (non-hydrogen) atoms. The molecule has 142 valence electrons. The number of alkyl halides is 3. The molecule has 0 radical (unpaired) electrons. The number of benzene rings is 1. The lowest BCUT2D eigenvalue weighted by molar-refractivity contribution is -0.275. The van der Waals surface area contributed by atoms with E-state index >= 15 is 0 Å². The first-order valence-corrected chi connectivity index (χ1v) is 11.1. The molecule has 4 nitrogen and oxygen atoms in total. The number of hydrogen-bond acceptors (Lipinski definition) is 5. The zero-order valence-electron chi connectivity index (χ0n) is 13.5. The maximum absolute atomic E-state index is 12.9. The van der Waals surface area contributed by atoms with Gasteiger partial charge >= 0.3 is 6.36 Å². The Hall–Kier alpha value is -1.23. The first-order chi connectivity index (χ1) is 12.3. The SMILES string of the molecule is O=S(=O)(c1ccccc1OC(F)(F)F)N1CCSC(c2cccs2)CC1. The number of para-hydroxylation sites is 1. The Morgan fingerprint density at radius 3 is 2.58 bits per heavy atom. The lowest BCUT2D eigenvalue weighted by Crippen LogP contribution is -2.33. The summed E-state index contributed by atoms with van der Waals surface area (Å²) in [6.07, 6.45) is -4.35. The van der Waals surface area contributed by atoms with Crippen LogP contribution in [0, 0.1) is 0 Å². The summed E-state index contributed by atoms with van der Waals surface area (Å²) in [6.45, 7) is 0.494. The van der Waals surface area contributed by atoms with Gasteiger partial charge in [-0.05, 0) is 30.0 Å². The zero-order chi connectivity index (χ0) is 18.8. The third kappa shape index (κ3) is 4.54. The third-order valence-electron chi connectivity index (χ3n) is 3.85. The van der Waals surface area contributed by atoms with Crippen molar-refractivity contribution in [1.82, 2.24) is 4.31 Å². The number of thioether (sulfide) groups is 1. The van der Waals surface area contributed by atoms with E-state index < -0.39 is 27.0 Å². The molecule has 1 atom stereocenters. The molecule has 1 aliphatic heterocycles. The minimum Gasteiger partial charge on any atom is -0.404 e. The van der Waals surface area contributed by atoms with Gasteiger partial charge in [0, 0.05) is 29.0 Å². The molecule has 1 unspecified atom stereocenters. The first-order valence-electron chi connectivity index (χ1n) is 7.77. The molecule has 2 aromatic rings. The van der Waals surface area contributed by atoms with Crippen LogP contribution in [-0.4, -0.2) is 37.9 Å². The molecular weight excluding hydrogens is 407 g/mol. The monoisotopic (exact) mass is 423 g/mol. The van der Waals surface area contributed by atoms with Crippen LogP contribution < -0.4 is 4.74 Å². The van der Waals surface area contributed by atoms with Gasteiger partial charge in [0.15, 0.2) is 0 Å². The van der Waals surface area contributed by atoms with Crippen LogP contribution in [0.15, 0.2) is 46.7 Å². The molecule has 10 heteroatoms. The number of rotatable bonds is 4. The van der Waals surface area contributed by atoms with Crippen molar-refractivity contribution >= 4 is 33.1 Å². The first kappa shape index (κ1) is 19.5. The van der Waals surface area contributed by atoms with Crippen LogP contribution in [0.2, 0.25) is 0 Å². The van der Waals surface area contributed by atoms with E-state index in [9.17, 15) is 21.6 Å². The Balaban J connectivity index is 1.82. The maximum Gasteiger partial charge on any atom is 0.573 e. The molecule has 1 saturated heterocycles. The van der Waals surface area contributed by atoms with Gasteiger partial charge in [-0.3, -0.25) is 0 Å². The fraction of sp³-hybridized carbons (Fsp3) is 0.375. The van der Waals surface area contributed by atoms with Crippen molar-refractivity contribution in [2.45, 2.75) is 22.9 Å². The van der Waals surface area contributed by atoms with Crippen molar-refractivity contribution in [3.05, 3.63) is 46.7 Å². The fourth-order valence-electron chi connectivity index (χ4n) is 2.70. The molecule has 0 spiro atoms. The summed E-state index contributed by atoms with van der Waals surface area (Å²) in [4.78, 5) is 0.715. The largest absolute Gasteiger partial charge is 0.573 e. The van der Waals surface area contributed by atoms with Crippen LogP contribution in [0.1, 0.15) is 16.5 Å². The minimum atomic E-state index is -4.95. The summed E-state index contributed by atoms with van der Waals surface area (Å²) in [5.74, 6) is -0.129. The van der Waals surface area contributed by atoms with Gasteiger partial charge in [0.25, 0.3) is 0 Å². The van der Waals surface area contributed by atoms with Crippen molar-refractivity contribution in [1.29, 1.82) is 0 Å². The highest BCUT2D eigenvalue weighted by Gasteiger charge is 2.36. The maximum atomic E-state index is 12.9. The average molecular weight is 424 g/mol. The Kier molecular flexibility index (Phi) is 5.85. The van der Waals surface area contributed by atoms with E-state index in [2.05, 4.69) is 4.74 Å². The second-order valence-electron chi connectivity index (χ2n) is 5.56. The van der Waals surface area contributed by atoms with Crippen LogP contribution in [-0.2, 0) is 10.0 Å². The smallest absolute Gasteiger partial charge is 0.404 e. The van der Waals surface area contributed by atoms with E-state index in [0.29, 0.717) is 12.2 Å². The third-order valence-corrected chi connectivity index (χ3v) is 8.24. The predicted octanol–water partition coefficient (Wildman–Crippen LogP) is 4.52. The molecule has 0 aliphatic carbocycles. The van der Waals surface area contributed by atoms with E-state index in [1.807, 2.05) is 17.5 Å². The standard InChI is InChI=1S/C16H16F3NO3S3/c17-16(18,19)23-12-4-1-2-6-15(12)26(21,22)20-8-7-14(25-11-9-20)13-5-3-10-24-13/h1-6,10,14H,7-9,11H2. The quantitative estimate of drug-likeness (QED) is 0.726. The van der Waals surface area contributed by atoms with Crippen LogP contribution >= 0.6 is 23.1 Å². The number of halogens is 3. The lowest BCUT2D eigenvalue weighted by Gasteiger charge is -2.22. The second kappa shape index (κ2) is 7.79. The minimum absolute atomic E-state index is 0.192. The van der Waals surface area contributed by atoms with Gasteiger partial charge in [-0.15, -0.1) is 24.5 Å². The van der Waals surface area contributed by atoms with E-state index in [4.69, 9.17) is 0 Å². The van der Waals surface area contributed by atoms with E-state index in [1.165, 1.54) is 21.3 Å². The van der Waals surface area contributed by atoms with Gasteiger partial charge in [0.2, 0.25) is 10.0 Å². The normalized spacial score (nSPS) is 19.9. The summed E-state index contributed by atoms with van der Waals surface area (Å²) in [5, 5.41) is 2.16. The zero-order valence-corrected chi connectivity index (χ0v) is 15.9. The molecule has 1 aliphatic rings. The number of sulfonamides is 1. The van der Waals surface area contributed by atoms with Gasteiger partial charge in [0.05, 0.1) is 0 Å². The predicted molar refractivity (Wildman–Crippen MR) is 96.0 cm³/mol. The Labute approximate surface area is 158 Å². The van der Waals surface area contributed by atoms with Crippen LogP contribution in [0.3, 0.4) is 0 Å². The van der Waals surface area contributed by atoms with Crippen molar-refractivity contribution in [2.75, 3.05) is 18.8 Å². The van der Waals surface area contributed by atoms with E-state index in [1.54, 1.807) is 23.1 Å². The number of nitrogens with zero attached hydrogens (tertiary/aromatic N) is 1. The molecule has 1 aromatic heterocycles. The second-order valence-corrected chi connectivity index (χ2v) is 9.76. The molecule has 3 rings (SSSR count). The summed E-state index contributed by atoms with van der Waals surface area (Å²) in [5.41, 5.74) is 0. The molecule has 2 heterocycles. The Morgan fingerprint density at radius 1 is 1.12 bits per heavy atom. The number of hydrogen-bond donors (Lipinski definition) is 0. The Morgan fingerprint density at radius 2 is 1.88 bits per heavy atom. The lowest BCUT2D eigenvalue weighted by atomic mass is 10.2. The molecule has 1 fully saturated rings. The fourth-order valence-corrected chi connectivity index (χ4v) is 6.63. The average Bonchev–Trinajstić information content (AvgIpc) is 2.97. The van der Waals surface area contributed by atoms with Crippen LogP contribution in [0.25, 0.3) is 0 Å². The van der Waals surface area contributed by atoms with Crippen molar-refractivity contribution in [3.8, 4) is 5.75 Å². The molecule has 0 bridgehead atoms. The molecule has 0 saturated carbocycles. The summed E-state index contributed by atoms with van der Waals surface area (Å²) >= 11 is 3.28. The summed E-state index contributed by atoms with van der Waals surface area (Å²) in [7, 11) is -4.08. The van der Waals surface area contributed by atoms with Crippen molar-refractivity contribution in [3.63, 3.8) is 0 Å². The van der Waals surface area contributed by atoms with Gasteiger partial charge in [-0.2, -0.15) is 16.1 Å². The van der Waals surface area contributed by atoms with Crippen LogP contribution in [0.5, 0.6) is 5.75 Å². The molecule has 0 N–H and O–H groups in total. The van der Waals surface area contributed by atoms with Gasteiger partial charge in [-0.1, -0.05) is 18.2 Å². The van der Waals surface area contributed by atoms with E-state index in [-0.39, 0.29) is 18.3 Å². The Bertz CT molecular complexity index is 838. The number of ether oxygens (including phenoxy) is 1. The number of thiophene rings is 1. The summed E-state index contributed by atoms with van der Waals surface area (Å²) in [6, 6.07) is 8.82. The molecular formula is C16H16F3NO3S3. The van der Waals surface area contributed by atoms with E-state index in [0.717, 1.165) is 12.1 Å². The van der Waals surface area contributed by atoms with Crippen molar-refractivity contribution in [2.24, 2.45) is 0 Å².